The highest BCUT2D eigenvalue weighted by Gasteiger charge is 2.36. The average Bonchev–Trinajstić information content (AvgIpc) is 3.06. The van der Waals surface area contributed by atoms with Gasteiger partial charge in [0, 0.05) is 12.3 Å². The van der Waals surface area contributed by atoms with E-state index in [2.05, 4.69) is 10.3 Å². The van der Waals surface area contributed by atoms with Crippen LogP contribution in [0.2, 0.25) is 0 Å². The predicted molar refractivity (Wildman–Crippen MR) is 85.0 cm³/mol. The second-order valence-corrected chi connectivity index (χ2v) is 5.82. The Morgan fingerprint density at radius 2 is 2.12 bits per heavy atom. The lowest BCUT2D eigenvalue weighted by molar-refractivity contribution is 0.0231. The van der Waals surface area contributed by atoms with Crippen molar-refractivity contribution in [1.29, 1.82) is 0 Å². The number of hydrogen-bond acceptors (Lipinski definition) is 6. The number of pyridine rings is 1. The molecule has 2 N–H and O–H groups in total. The van der Waals surface area contributed by atoms with Gasteiger partial charge >= 0.3 is 0 Å². The summed E-state index contributed by atoms with van der Waals surface area (Å²) in [6.07, 6.45) is 4.24. The number of nitrogens with one attached hydrogen (secondary N) is 1. The average molecular weight is 332 g/mol. The first-order chi connectivity index (χ1) is 11.6. The molecule has 0 spiro atoms. The quantitative estimate of drug-likeness (QED) is 0.839. The van der Waals surface area contributed by atoms with E-state index in [1.807, 2.05) is 6.07 Å². The Kier molecular flexibility index (Phi) is 4.71. The Morgan fingerprint density at radius 1 is 1.33 bits per heavy atom. The first-order valence-electron chi connectivity index (χ1n) is 7.72. The van der Waals surface area contributed by atoms with E-state index in [1.54, 1.807) is 31.6 Å². The van der Waals surface area contributed by atoms with Crippen molar-refractivity contribution in [2.45, 2.75) is 25.0 Å². The topological polar surface area (TPSA) is 93.8 Å². The normalized spacial score (nSPS) is 20.8. The number of carbonyl (C=O) groups is 1. The van der Waals surface area contributed by atoms with Gasteiger partial charge in [0.05, 0.1) is 32.6 Å². The molecule has 7 nitrogen and oxygen atoms in total. The number of aromatic nitrogens is 1. The molecule has 1 saturated carbocycles. The molecule has 0 bridgehead atoms. The summed E-state index contributed by atoms with van der Waals surface area (Å²) in [5.41, 5.74) is 0.832. The first kappa shape index (κ1) is 16.3. The molecular weight excluding hydrogens is 312 g/mol. The van der Waals surface area contributed by atoms with Crippen molar-refractivity contribution in [3.05, 3.63) is 41.9 Å². The van der Waals surface area contributed by atoms with E-state index in [0.29, 0.717) is 18.6 Å². The summed E-state index contributed by atoms with van der Waals surface area (Å²) in [6, 6.07) is 4.71. The number of nitrogens with zero attached hydrogens (tertiary/aromatic N) is 1. The van der Waals surface area contributed by atoms with E-state index in [1.165, 1.54) is 7.11 Å². The van der Waals surface area contributed by atoms with Gasteiger partial charge in [0.2, 0.25) is 0 Å². The molecule has 1 aliphatic carbocycles. The minimum Gasteiger partial charge on any atom is -0.495 e. The number of ether oxygens (including phenoxy) is 2. The summed E-state index contributed by atoms with van der Waals surface area (Å²) in [5, 5.41) is 12.6. The van der Waals surface area contributed by atoms with Gasteiger partial charge in [-0.1, -0.05) is 0 Å². The molecule has 0 aliphatic heterocycles. The molecule has 24 heavy (non-hydrogen) atoms. The summed E-state index contributed by atoms with van der Waals surface area (Å²) in [7, 11) is 3.04. The Morgan fingerprint density at radius 3 is 2.75 bits per heavy atom. The zero-order valence-corrected chi connectivity index (χ0v) is 13.6. The Balaban J connectivity index is 1.80. The van der Waals surface area contributed by atoms with E-state index < -0.39 is 0 Å². The molecule has 0 radical (unpaired) electrons. The number of aliphatic hydroxyl groups is 1. The van der Waals surface area contributed by atoms with Gasteiger partial charge in [0.1, 0.15) is 5.75 Å². The van der Waals surface area contributed by atoms with Gasteiger partial charge in [-0.2, -0.15) is 0 Å². The van der Waals surface area contributed by atoms with E-state index in [9.17, 15) is 9.90 Å². The lowest BCUT2D eigenvalue weighted by Gasteiger charge is -2.38. The lowest BCUT2D eigenvalue weighted by atomic mass is 9.75. The molecule has 7 heteroatoms. The van der Waals surface area contributed by atoms with Crippen molar-refractivity contribution in [3.8, 4) is 11.7 Å². The highest BCUT2D eigenvalue weighted by molar-refractivity contribution is 5.91. The molecule has 1 fully saturated rings. The van der Waals surface area contributed by atoms with Crippen LogP contribution in [0, 0.1) is 5.92 Å². The summed E-state index contributed by atoms with van der Waals surface area (Å²) < 4.78 is 15.5. The third kappa shape index (κ3) is 3.35. The highest BCUT2D eigenvalue weighted by Crippen LogP contribution is 2.38. The Bertz CT molecular complexity index is 709. The van der Waals surface area contributed by atoms with E-state index in [0.717, 1.165) is 5.56 Å². The van der Waals surface area contributed by atoms with Gasteiger partial charge in [-0.15, -0.1) is 0 Å². The van der Waals surface area contributed by atoms with E-state index in [4.69, 9.17) is 13.9 Å². The number of rotatable bonds is 6. The number of furan rings is 1. The molecule has 3 rings (SSSR count). The summed E-state index contributed by atoms with van der Waals surface area (Å²) >= 11 is 0. The fraction of sp³-hybridized carbons (Fsp3) is 0.412. The van der Waals surface area contributed by atoms with Crippen molar-refractivity contribution in [2.24, 2.45) is 5.92 Å². The fourth-order valence-electron chi connectivity index (χ4n) is 2.86. The number of methoxy groups -OCH3 is 2. The van der Waals surface area contributed by atoms with Crippen molar-refractivity contribution in [2.75, 3.05) is 14.2 Å². The van der Waals surface area contributed by atoms with Crippen LogP contribution in [-0.2, 0) is 0 Å². The van der Waals surface area contributed by atoms with Gasteiger partial charge in [-0.3, -0.25) is 9.78 Å². The number of aliphatic hydroxyl groups excluding tert-OH is 1. The number of carbonyl (C=O) groups excluding carboxylic acids is 1. The highest BCUT2D eigenvalue weighted by atomic mass is 16.6. The second kappa shape index (κ2) is 6.92. The van der Waals surface area contributed by atoms with Crippen LogP contribution in [0.15, 0.2) is 35.0 Å². The fourth-order valence-corrected chi connectivity index (χ4v) is 2.86. The molecule has 2 aromatic heterocycles. The molecular formula is C17H20N2O5. The van der Waals surface area contributed by atoms with Crippen LogP contribution in [0.4, 0.5) is 0 Å². The molecule has 2 aromatic rings. The van der Waals surface area contributed by atoms with Crippen LogP contribution in [-0.4, -0.2) is 36.3 Å². The molecule has 1 unspecified atom stereocenters. The van der Waals surface area contributed by atoms with Gasteiger partial charge in [0.25, 0.3) is 11.9 Å². The standard InChI is InChI=1S/C17H20N2O5/c1-22-13-7-11(8-18-9-13)16(10-5-12(20)6-10)19-17(21)14-3-4-15(23-2)24-14/h3-4,7-10,12,16,20H,5-6H2,1-2H3,(H,19,21). The maximum atomic E-state index is 12.5. The molecule has 2 heterocycles. The Labute approximate surface area is 139 Å². The van der Waals surface area contributed by atoms with Crippen LogP contribution in [0.3, 0.4) is 0 Å². The smallest absolute Gasteiger partial charge is 0.287 e. The summed E-state index contributed by atoms with van der Waals surface area (Å²) in [4.78, 5) is 16.6. The zero-order chi connectivity index (χ0) is 17.1. The van der Waals surface area contributed by atoms with Gasteiger partial charge in [-0.05, 0) is 36.5 Å². The summed E-state index contributed by atoms with van der Waals surface area (Å²) in [5.74, 6) is 0.861. The third-order valence-corrected chi connectivity index (χ3v) is 4.24. The van der Waals surface area contributed by atoms with E-state index >= 15 is 0 Å². The van der Waals surface area contributed by atoms with Crippen LogP contribution < -0.4 is 14.8 Å². The van der Waals surface area contributed by atoms with Crippen LogP contribution >= 0.6 is 0 Å². The summed E-state index contributed by atoms with van der Waals surface area (Å²) in [6.45, 7) is 0. The molecule has 128 valence electrons. The maximum absolute atomic E-state index is 12.5. The van der Waals surface area contributed by atoms with Crippen molar-refractivity contribution < 1.29 is 23.8 Å². The van der Waals surface area contributed by atoms with E-state index in [-0.39, 0.29) is 35.7 Å². The second-order valence-electron chi connectivity index (χ2n) is 5.82. The lowest BCUT2D eigenvalue weighted by Crippen LogP contribution is -2.41. The van der Waals surface area contributed by atoms with Crippen molar-refractivity contribution in [1.82, 2.24) is 10.3 Å². The predicted octanol–water partition coefficient (Wildman–Crippen LogP) is 1.93. The Hall–Kier alpha value is -2.54. The largest absolute Gasteiger partial charge is 0.495 e. The minimum absolute atomic E-state index is 0.134. The minimum atomic E-state index is -0.340. The van der Waals surface area contributed by atoms with Gasteiger partial charge < -0.3 is 24.3 Å². The zero-order valence-electron chi connectivity index (χ0n) is 13.6. The molecule has 1 atom stereocenters. The SMILES string of the molecule is COc1cncc(C(NC(=O)c2ccc(OC)o2)C2CC(O)C2)c1. The molecule has 0 aromatic carbocycles. The van der Waals surface area contributed by atoms with Gasteiger partial charge in [-0.25, -0.2) is 0 Å². The van der Waals surface area contributed by atoms with Crippen molar-refractivity contribution >= 4 is 5.91 Å². The van der Waals surface area contributed by atoms with Gasteiger partial charge in [0.15, 0.2) is 5.76 Å². The monoisotopic (exact) mass is 332 g/mol. The first-order valence-corrected chi connectivity index (χ1v) is 7.72. The van der Waals surface area contributed by atoms with Crippen LogP contribution in [0.1, 0.15) is 35.0 Å². The number of hydrogen-bond donors (Lipinski definition) is 2. The number of amides is 1. The van der Waals surface area contributed by atoms with Crippen molar-refractivity contribution in [3.63, 3.8) is 0 Å². The molecule has 1 aliphatic rings. The molecule has 0 saturated heterocycles. The van der Waals surface area contributed by atoms with Crippen LogP contribution in [0.5, 0.6) is 11.7 Å². The molecule has 1 amide bonds. The maximum Gasteiger partial charge on any atom is 0.287 e. The van der Waals surface area contributed by atoms with Crippen LogP contribution in [0.25, 0.3) is 0 Å². The third-order valence-electron chi connectivity index (χ3n) is 4.24.